The van der Waals surface area contributed by atoms with Crippen LogP contribution in [0.4, 0.5) is 5.69 Å². The number of hydrogen-bond donors (Lipinski definition) is 3. The van der Waals surface area contributed by atoms with Crippen LogP contribution >= 0.6 is 0 Å². The molecule has 3 heterocycles. The third-order valence-corrected chi connectivity index (χ3v) is 6.81. The van der Waals surface area contributed by atoms with E-state index in [9.17, 15) is 10.2 Å². The van der Waals surface area contributed by atoms with Crippen molar-refractivity contribution in [3.05, 3.63) is 54.1 Å². The number of nitrogens with one attached hydrogen (secondary N) is 1. The van der Waals surface area contributed by atoms with Gasteiger partial charge >= 0.3 is 0 Å². The summed E-state index contributed by atoms with van der Waals surface area (Å²) in [6, 6.07) is 15.1. The highest BCUT2D eigenvalue weighted by Crippen LogP contribution is 2.33. The second-order valence-corrected chi connectivity index (χ2v) is 8.62. The van der Waals surface area contributed by atoms with Gasteiger partial charge in [-0.3, -0.25) is 4.90 Å². The SMILES string of the molecule is COc1ccc(CN[C@H]2[C@H](O)[C@@H](N3CCN(c4ccccc4)CC3)[C@@H]3OC[C@H]2O3)c(O)c1. The fraction of sp³-hybridized carbons (Fsp3) is 0.500. The van der Waals surface area contributed by atoms with Gasteiger partial charge in [0.1, 0.15) is 17.6 Å². The summed E-state index contributed by atoms with van der Waals surface area (Å²) >= 11 is 0. The Morgan fingerprint density at radius 1 is 1.09 bits per heavy atom. The van der Waals surface area contributed by atoms with Crippen molar-refractivity contribution in [1.29, 1.82) is 0 Å². The van der Waals surface area contributed by atoms with Gasteiger partial charge in [0.05, 0.1) is 31.9 Å². The summed E-state index contributed by atoms with van der Waals surface area (Å²) in [5.74, 6) is 0.770. The number of aliphatic hydroxyl groups is 1. The average Bonchev–Trinajstić information content (AvgIpc) is 3.25. The number of phenols is 1. The highest BCUT2D eigenvalue weighted by atomic mass is 16.7. The van der Waals surface area contributed by atoms with E-state index in [2.05, 4.69) is 39.4 Å². The number of fused-ring (bicyclic) bond motifs is 2. The molecule has 5 rings (SSSR count). The first-order valence-electron chi connectivity index (χ1n) is 11.2. The summed E-state index contributed by atoms with van der Waals surface area (Å²) in [6.07, 6.45) is -1.26. The van der Waals surface area contributed by atoms with E-state index in [4.69, 9.17) is 14.2 Å². The van der Waals surface area contributed by atoms with Crippen molar-refractivity contribution in [2.45, 2.75) is 37.1 Å². The molecule has 8 heteroatoms. The largest absolute Gasteiger partial charge is 0.507 e. The first-order chi connectivity index (χ1) is 15.6. The van der Waals surface area contributed by atoms with E-state index in [1.54, 1.807) is 13.2 Å². The molecule has 5 atom stereocenters. The summed E-state index contributed by atoms with van der Waals surface area (Å²) in [5.41, 5.74) is 1.97. The first kappa shape index (κ1) is 21.5. The lowest BCUT2D eigenvalue weighted by Crippen LogP contribution is -2.66. The van der Waals surface area contributed by atoms with E-state index < -0.39 is 12.4 Å². The average molecular weight is 442 g/mol. The molecule has 0 saturated carbocycles. The smallest absolute Gasteiger partial charge is 0.176 e. The molecule has 3 aliphatic rings. The van der Waals surface area contributed by atoms with E-state index in [1.807, 2.05) is 18.2 Å². The van der Waals surface area contributed by atoms with Gasteiger partial charge in [0.25, 0.3) is 0 Å². The van der Waals surface area contributed by atoms with Gasteiger partial charge in [-0.05, 0) is 18.2 Å². The van der Waals surface area contributed by atoms with Crippen molar-refractivity contribution >= 4 is 5.69 Å². The van der Waals surface area contributed by atoms with E-state index in [1.165, 1.54) is 5.69 Å². The van der Waals surface area contributed by atoms with Crippen LogP contribution < -0.4 is 15.0 Å². The number of methoxy groups -OCH3 is 1. The number of anilines is 1. The van der Waals surface area contributed by atoms with E-state index in [0.717, 1.165) is 31.7 Å². The summed E-state index contributed by atoms with van der Waals surface area (Å²) in [7, 11) is 1.57. The van der Waals surface area contributed by atoms with Gasteiger partial charge in [0.2, 0.25) is 0 Å². The second kappa shape index (κ2) is 9.25. The molecule has 3 aliphatic heterocycles. The zero-order valence-electron chi connectivity index (χ0n) is 18.3. The quantitative estimate of drug-likeness (QED) is 0.616. The fourth-order valence-corrected chi connectivity index (χ4v) is 5.01. The number of aromatic hydroxyl groups is 1. The minimum Gasteiger partial charge on any atom is -0.507 e. The molecule has 2 bridgehead atoms. The maximum Gasteiger partial charge on any atom is 0.176 e. The Hall–Kier alpha value is -2.36. The number of phenolic OH excluding ortho intramolecular Hbond substituents is 1. The lowest BCUT2D eigenvalue weighted by atomic mass is 9.94. The summed E-state index contributed by atoms with van der Waals surface area (Å²) in [6.45, 7) is 4.31. The monoisotopic (exact) mass is 441 g/mol. The standard InChI is InChI=1S/C24H31N3O5/c1-30-18-8-7-16(19(28)13-18)14-25-21-20-15-31-24(32-20)22(23(21)29)27-11-9-26(10-12-27)17-5-3-2-4-6-17/h2-8,13,20-25,28-29H,9-12,14-15H2,1H3/t20-,21-,22-,23+,24-/m1/s1. The molecule has 172 valence electrons. The topological polar surface area (TPSA) is 86.7 Å². The fourth-order valence-electron chi connectivity index (χ4n) is 5.01. The summed E-state index contributed by atoms with van der Waals surface area (Å²) in [5, 5.41) is 25.0. The van der Waals surface area contributed by atoms with Crippen LogP contribution in [0.3, 0.4) is 0 Å². The molecule has 3 N–H and O–H groups in total. The maximum absolute atomic E-state index is 11.3. The Labute approximate surface area is 188 Å². The van der Waals surface area contributed by atoms with Crippen LogP contribution in [0.1, 0.15) is 5.56 Å². The molecule has 32 heavy (non-hydrogen) atoms. The van der Waals surface area contributed by atoms with Crippen LogP contribution in [0, 0.1) is 0 Å². The zero-order valence-corrected chi connectivity index (χ0v) is 18.3. The molecule has 0 amide bonds. The molecule has 0 radical (unpaired) electrons. The van der Waals surface area contributed by atoms with Gasteiger partial charge in [-0.2, -0.15) is 0 Å². The molecule has 2 aromatic carbocycles. The molecule has 0 aliphatic carbocycles. The van der Waals surface area contributed by atoms with E-state index in [0.29, 0.717) is 18.9 Å². The van der Waals surface area contributed by atoms with Crippen molar-refractivity contribution in [3.63, 3.8) is 0 Å². The predicted molar refractivity (Wildman–Crippen MR) is 120 cm³/mol. The van der Waals surface area contributed by atoms with Crippen LogP contribution in [-0.4, -0.2) is 85.6 Å². The van der Waals surface area contributed by atoms with Crippen LogP contribution in [-0.2, 0) is 16.0 Å². The minimum atomic E-state index is -0.634. The third kappa shape index (κ3) is 4.16. The lowest BCUT2D eigenvalue weighted by molar-refractivity contribution is -0.183. The minimum absolute atomic E-state index is 0.164. The van der Waals surface area contributed by atoms with Crippen LogP contribution in [0.25, 0.3) is 0 Å². The maximum atomic E-state index is 11.3. The Morgan fingerprint density at radius 2 is 1.88 bits per heavy atom. The van der Waals surface area contributed by atoms with Crippen LogP contribution in [0.2, 0.25) is 0 Å². The lowest BCUT2D eigenvalue weighted by Gasteiger charge is -2.47. The molecular formula is C24H31N3O5. The number of benzene rings is 2. The molecule has 3 fully saturated rings. The molecular weight excluding hydrogens is 410 g/mol. The molecule has 3 saturated heterocycles. The van der Waals surface area contributed by atoms with Crippen molar-refractivity contribution in [2.24, 2.45) is 0 Å². The molecule has 0 unspecified atom stereocenters. The number of aliphatic hydroxyl groups excluding tert-OH is 1. The third-order valence-electron chi connectivity index (χ3n) is 6.81. The van der Waals surface area contributed by atoms with Crippen molar-refractivity contribution in [2.75, 3.05) is 44.8 Å². The Morgan fingerprint density at radius 3 is 2.59 bits per heavy atom. The van der Waals surface area contributed by atoms with E-state index in [-0.39, 0.29) is 23.9 Å². The normalized spacial score (nSPS) is 30.4. The highest BCUT2D eigenvalue weighted by molar-refractivity contribution is 5.46. The van der Waals surface area contributed by atoms with Gasteiger partial charge in [-0.25, -0.2) is 0 Å². The van der Waals surface area contributed by atoms with Gasteiger partial charge in [0.15, 0.2) is 6.29 Å². The van der Waals surface area contributed by atoms with Crippen molar-refractivity contribution in [3.8, 4) is 11.5 Å². The number of hydrogen-bond acceptors (Lipinski definition) is 8. The Bertz CT molecular complexity index is 906. The molecule has 2 aromatic rings. The Balaban J connectivity index is 1.24. The summed E-state index contributed by atoms with van der Waals surface area (Å²) in [4.78, 5) is 4.66. The number of para-hydroxylation sites is 1. The predicted octanol–water partition coefficient (Wildman–Crippen LogP) is 1.17. The number of nitrogens with zero attached hydrogens (tertiary/aromatic N) is 2. The van der Waals surface area contributed by atoms with Crippen LogP contribution in [0.5, 0.6) is 11.5 Å². The zero-order chi connectivity index (χ0) is 22.1. The number of ether oxygens (including phenoxy) is 3. The molecule has 0 aromatic heterocycles. The molecule has 8 nitrogen and oxygen atoms in total. The van der Waals surface area contributed by atoms with Crippen molar-refractivity contribution in [1.82, 2.24) is 10.2 Å². The summed E-state index contributed by atoms with van der Waals surface area (Å²) < 4.78 is 17.2. The molecule has 0 spiro atoms. The van der Waals surface area contributed by atoms with E-state index >= 15 is 0 Å². The highest BCUT2D eigenvalue weighted by Gasteiger charge is 2.52. The van der Waals surface area contributed by atoms with Gasteiger partial charge in [-0.1, -0.05) is 24.3 Å². The van der Waals surface area contributed by atoms with Crippen LogP contribution in [0.15, 0.2) is 48.5 Å². The van der Waals surface area contributed by atoms with Gasteiger partial charge in [-0.15, -0.1) is 0 Å². The number of piperazine rings is 1. The number of rotatable bonds is 6. The van der Waals surface area contributed by atoms with Gasteiger partial charge < -0.3 is 34.6 Å². The second-order valence-electron chi connectivity index (χ2n) is 8.62. The first-order valence-corrected chi connectivity index (χ1v) is 11.2. The Kier molecular flexibility index (Phi) is 6.21. The van der Waals surface area contributed by atoms with Gasteiger partial charge in [0, 0.05) is 50.0 Å². The van der Waals surface area contributed by atoms with Crippen molar-refractivity contribution < 1.29 is 24.4 Å².